The quantitative estimate of drug-likeness (QED) is 0.724. The Morgan fingerprint density at radius 3 is 2.50 bits per heavy atom. The van der Waals surface area contributed by atoms with Crippen LogP contribution in [0.1, 0.15) is 11.4 Å². The molecule has 0 unspecified atom stereocenters. The van der Waals surface area contributed by atoms with Crippen LogP contribution in [0.25, 0.3) is 11.2 Å². The molecule has 0 aliphatic rings. The largest absolute Gasteiger partial charge is 0.451 e. The molecule has 4 nitrogen and oxygen atoms in total. The third kappa shape index (κ3) is 2.34. The fourth-order valence-electron chi connectivity index (χ4n) is 1.89. The van der Waals surface area contributed by atoms with Crippen LogP contribution in [-0.2, 0) is 12.7 Å². The second kappa shape index (κ2) is 4.59. The summed E-state index contributed by atoms with van der Waals surface area (Å²) in [5.41, 5.74) is 1.48. The van der Waals surface area contributed by atoms with E-state index in [1.807, 2.05) is 30.3 Å². The predicted octanol–water partition coefficient (Wildman–Crippen LogP) is 2.89. The van der Waals surface area contributed by atoms with Crippen molar-refractivity contribution in [2.45, 2.75) is 12.7 Å². The van der Waals surface area contributed by atoms with Gasteiger partial charge in [0.15, 0.2) is 5.65 Å². The average Bonchev–Trinajstić information content (AvgIpc) is 2.82. The van der Waals surface area contributed by atoms with Gasteiger partial charge in [0.05, 0.1) is 19.1 Å². The zero-order valence-corrected chi connectivity index (χ0v) is 10.2. The molecule has 2 heterocycles. The molecule has 0 atom stereocenters. The van der Waals surface area contributed by atoms with Crippen LogP contribution in [0, 0.1) is 0 Å². The average molecular weight is 278 g/mol. The van der Waals surface area contributed by atoms with E-state index in [0.29, 0.717) is 12.1 Å². The van der Waals surface area contributed by atoms with Crippen molar-refractivity contribution >= 4 is 11.2 Å². The van der Waals surface area contributed by atoms with Gasteiger partial charge in [-0.05, 0) is 5.56 Å². The van der Waals surface area contributed by atoms with Crippen LogP contribution < -0.4 is 0 Å². The number of hydrogen-bond acceptors (Lipinski definition) is 3. The van der Waals surface area contributed by atoms with Crippen molar-refractivity contribution in [3.63, 3.8) is 0 Å². The molecule has 0 saturated carbocycles. The molecule has 102 valence electrons. The topological polar surface area (TPSA) is 43.6 Å². The molecule has 2 aromatic heterocycles. The van der Waals surface area contributed by atoms with Crippen molar-refractivity contribution in [2.24, 2.45) is 0 Å². The van der Waals surface area contributed by atoms with Gasteiger partial charge in [-0.25, -0.2) is 15.0 Å². The molecular weight excluding hydrogens is 269 g/mol. The van der Waals surface area contributed by atoms with Crippen LogP contribution in [0.5, 0.6) is 0 Å². The number of hydrogen-bond donors (Lipinski definition) is 0. The van der Waals surface area contributed by atoms with Crippen molar-refractivity contribution < 1.29 is 13.2 Å². The van der Waals surface area contributed by atoms with Crippen molar-refractivity contribution in [1.29, 1.82) is 0 Å². The summed E-state index contributed by atoms with van der Waals surface area (Å²) in [7, 11) is 0. The van der Waals surface area contributed by atoms with Gasteiger partial charge >= 0.3 is 6.18 Å². The molecule has 0 bridgehead atoms. The lowest BCUT2D eigenvalue weighted by Gasteiger charge is -2.06. The summed E-state index contributed by atoms with van der Waals surface area (Å²) in [6, 6.07) is 9.38. The van der Waals surface area contributed by atoms with Gasteiger partial charge in [-0.15, -0.1) is 0 Å². The van der Waals surface area contributed by atoms with E-state index in [4.69, 9.17) is 0 Å². The Morgan fingerprint density at radius 2 is 1.80 bits per heavy atom. The van der Waals surface area contributed by atoms with Gasteiger partial charge in [-0.1, -0.05) is 30.3 Å². The minimum Gasteiger partial charge on any atom is -0.311 e. The van der Waals surface area contributed by atoms with Gasteiger partial charge in [0, 0.05) is 0 Å². The maximum absolute atomic E-state index is 12.6. The molecule has 0 saturated heterocycles. The zero-order chi connectivity index (χ0) is 14.2. The number of nitrogens with zero attached hydrogens (tertiary/aromatic N) is 4. The zero-order valence-electron chi connectivity index (χ0n) is 10.2. The molecule has 0 N–H and O–H groups in total. The molecule has 7 heteroatoms. The lowest BCUT2D eigenvalue weighted by atomic mass is 10.2. The number of benzene rings is 1. The second-order valence-electron chi connectivity index (χ2n) is 4.26. The van der Waals surface area contributed by atoms with Crippen molar-refractivity contribution in [2.75, 3.05) is 0 Å². The lowest BCUT2D eigenvalue weighted by Crippen LogP contribution is -2.11. The van der Waals surface area contributed by atoms with E-state index in [-0.39, 0.29) is 5.65 Å². The van der Waals surface area contributed by atoms with E-state index in [1.165, 1.54) is 6.33 Å². The minimum atomic E-state index is -4.56. The van der Waals surface area contributed by atoms with Crippen LogP contribution in [0.4, 0.5) is 13.2 Å². The van der Waals surface area contributed by atoms with E-state index in [2.05, 4.69) is 15.0 Å². The lowest BCUT2D eigenvalue weighted by molar-refractivity contribution is -0.144. The van der Waals surface area contributed by atoms with Gasteiger partial charge in [0.2, 0.25) is 5.82 Å². The maximum Gasteiger partial charge on any atom is 0.451 e. The fraction of sp³-hybridized carbons (Fsp3) is 0.154. The summed E-state index contributed by atoms with van der Waals surface area (Å²) < 4.78 is 39.4. The Balaban J connectivity index is 2.03. The maximum atomic E-state index is 12.6. The molecule has 0 amide bonds. The van der Waals surface area contributed by atoms with Crippen LogP contribution in [0.15, 0.2) is 42.9 Å². The minimum absolute atomic E-state index is 0.177. The van der Waals surface area contributed by atoms with Gasteiger partial charge in [-0.3, -0.25) is 0 Å². The van der Waals surface area contributed by atoms with Crippen molar-refractivity contribution in [3.05, 3.63) is 54.2 Å². The molecule has 1 aromatic carbocycles. The second-order valence-corrected chi connectivity index (χ2v) is 4.26. The first-order valence-electron chi connectivity index (χ1n) is 5.83. The Bertz CT molecular complexity index is 734. The Morgan fingerprint density at radius 1 is 1.05 bits per heavy atom. The van der Waals surface area contributed by atoms with Crippen molar-refractivity contribution in [1.82, 2.24) is 19.5 Å². The summed E-state index contributed by atoms with van der Waals surface area (Å²) in [5, 5.41) is 0. The normalized spacial score (nSPS) is 11.9. The summed E-state index contributed by atoms with van der Waals surface area (Å²) in [4.78, 5) is 10.9. The molecule has 0 spiro atoms. The molecule has 0 radical (unpaired) electrons. The summed E-state index contributed by atoms with van der Waals surface area (Å²) in [6.07, 6.45) is -2.00. The SMILES string of the molecule is FC(F)(F)c1ncc2ncn(Cc3ccccc3)c2n1. The first-order chi connectivity index (χ1) is 9.54. The standard InChI is InChI=1S/C13H9F3N4/c14-13(15,16)12-17-6-10-11(19-12)20(8-18-10)7-9-4-2-1-3-5-9/h1-6,8H,7H2. The van der Waals surface area contributed by atoms with E-state index >= 15 is 0 Å². The van der Waals surface area contributed by atoms with Crippen LogP contribution in [0.3, 0.4) is 0 Å². The Hall–Kier alpha value is -2.44. The molecule has 20 heavy (non-hydrogen) atoms. The summed E-state index contributed by atoms with van der Waals surface area (Å²) in [6.45, 7) is 0.408. The smallest absolute Gasteiger partial charge is 0.311 e. The first-order valence-corrected chi connectivity index (χ1v) is 5.83. The number of fused-ring (bicyclic) bond motifs is 1. The molecule has 0 fully saturated rings. The highest BCUT2D eigenvalue weighted by atomic mass is 19.4. The molecule has 0 aliphatic heterocycles. The van der Waals surface area contributed by atoms with E-state index in [0.717, 1.165) is 11.8 Å². The van der Waals surface area contributed by atoms with Crippen LogP contribution >= 0.6 is 0 Å². The Kier molecular flexibility index (Phi) is 2.89. The van der Waals surface area contributed by atoms with Crippen LogP contribution in [-0.4, -0.2) is 19.5 Å². The third-order valence-electron chi connectivity index (χ3n) is 2.81. The Labute approximate surface area is 111 Å². The van der Waals surface area contributed by atoms with E-state index in [9.17, 15) is 13.2 Å². The number of aromatic nitrogens is 4. The van der Waals surface area contributed by atoms with E-state index in [1.54, 1.807) is 4.57 Å². The third-order valence-corrected chi connectivity index (χ3v) is 2.81. The molecule has 3 rings (SSSR count). The predicted molar refractivity (Wildman–Crippen MR) is 65.9 cm³/mol. The first kappa shape index (κ1) is 12.6. The highest BCUT2D eigenvalue weighted by Gasteiger charge is 2.35. The van der Waals surface area contributed by atoms with Crippen LogP contribution in [0.2, 0.25) is 0 Å². The monoisotopic (exact) mass is 278 g/mol. The molecular formula is C13H9F3N4. The van der Waals surface area contributed by atoms with Gasteiger partial charge in [0.25, 0.3) is 0 Å². The number of alkyl halides is 3. The molecule has 3 aromatic rings. The number of imidazole rings is 1. The highest BCUT2D eigenvalue weighted by molar-refractivity contribution is 5.69. The summed E-state index contributed by atoms with van der Waals surface area (Å²) >= 11 is 0. The number of rotatable bonds is 2. The number of halogens is 3. The van der Waals surface area contributed by atoms with Gasteiger partial charge in [-0.2, -0.15) is 13.2 Å². The van der Waals surface area contributed by atoms with Gasteiger partial charge in [0.1, 0.15) is 5.52 Å². The fourth-order valence-corrected chi connectivity index (χ4v) is 1.89. The van der Waals surface area contributed by atoms with Gasteiger partial charge < -0.3 is 4.57 Å². The molecule has 0 aliphatic carbocycles. The highest BCUT2D eigenvalue weighted by Crippen LogP contribution is 2.26. The van der Waals surface area contributed by atoms with E-state index < -0.39 is 12.0 Å². The summed E-state index contributed by atoms with van der Waals surface area (Å²) in [5.74, 6) is -1.15. The van der Waals surface area contributed by atoms with Crippen molar-refractivity contribution in [3.8, 4) is 0 Å².